The number of nitrogens with zero attached hydrogens (tertiary/aromatic N) is 1. The zero-order valence-electron chi connectivity index (χ0n) is 18.3. The van der Waals surface area contributed by atoms with E-state index >= 15 is 0 Å². The molecule has 0 unspecified atom stereocenters. The lowest BCUT2D eigenvalue weighted by atomic mass is 10.1. The third-order valence-electron chi connectivity index (χ3n) is 4.84. The highest BCUT2D eigenvalue weighted by Crippen LogP contribution is 2.82. The van der Waals surface area contributed by atoms with E-state index in [1.54, 1.807) is 0 Å². The van der Waals surface area contributed by atoms with Crippen molar-refractivity contribution in [3.05, 3.63) is 83.1 Å². The summed E-state index contributed by atoms with van der Waals surface area (Å²) >= 11 is 10.6. The number of carbonyl (C=O) groups excluding carboxylic acids is 2. The number of hydrogen-bond donors (Lipinski definition) is 2. The van der Waals surface area contributed by atoms with Crippen LogP contribution in [0.15, 0.2) is 71.8 Å². The fourth-order valence-electron chi connectivity index (χ4n) is 2.94. The summed E-state index contributed by atoms with van der Waals surface area (Å²) < 4.78 is 95.3. The zero-order valence-corrected chi connectivity index (χ0v) is 23.0. The van der Waals surface area contributed by atoms with Gasteiger partial charge in [-0.25, -0.2) is 4.98 Å². The number of alkyl halides is 7. The van der Waals surface area contributed by atoms with E-state index in [2.05, 4.69) is 45.2 Å². The van der Waals surface area contributed by atoms with Gasteiger partial charge in [-0.15, -0.1) is 0 Å². The standard InChI is InChI=1S/C22H13Br2ClF7N3O2S/c23-38(24,22(31,32)20(26,27)21(28,29)30)16-9-2-1-8-15(16)35-18(36)12-5-3-6-13(11-12)34-19(37)14-7-4-10-33-17(14)25/h1-11H,(H,34,37)(H,35,36). The molecule has 0 fully saturated rings. The lowest BCUT2D eigenvalue weighted by Crippen LogP contribution is -2.52. The molecule has 2 amide bonds. The van der Waals surface area contributed by atoms with Crippen molar-refractivity contribution in [1.82, 2.24) is 4.98 Å². The summed E-state index contributed by atoms with van der Waals surface area (Å²) in [5, 5.41) is -1.00. The van der Waals surface area contributed by atoms with Crippen LogP contribution < -0.4 is 10.6 Å². The number of anilines is 2. The van der Waals surface area contributed by atoms with Crippen LogP contribution in [0.3, 0.4) is 0 Å². The molecule has 0 bridgehead atoms. The van der Waals surface area contributed by atoms with Crippen LogP contribution in [0.2, 0.25) is 5.15 Å². The summed E-state index contributed by atoms with van der Waals surface area (Å²) in [6.45, 7) is -4.57. The predicted octanol–water partition coefficient (Wildman–Crippen LogP) is 8.81. The number of hydrogen-bond acceptors (Lipinski definition) is 3. The number of halogens is 10. The molecule has 1 aromatic heterocycles. The minimum Gasteiger partial charge on any atom is -0.322 e. The first-order chi connectivity index (χ1) is 17.5. The molecule has 5 nitrogen and oxygen atoms in total. The molecule has 2 N–H and O–H groups in total. The molecule has 3 aromatic rings. The number of carbonyl (C=O) groups is 2. The van der Waals surface area contributed by atoms with Crippen LogP contribution in [0.5, 0.6) is 0 Å². The molecule has 0 radical (unpaired) electrons. The number of nitrogens with one attached hydrogen (secondary N) is 2. The van der Waals surface area contributed by atoms with Gasteiger partial charge >= 0.3 is 17.4 Å². The number of para-hydroxylation sites is 1. The molecule has 0 atom stereocenters. The SMILES string of the molecule is O=C(Nc1ccccc1S(Br)(Br)C(F)(F)C(F)(F)C(F)(F)F)c1cccc(NC(=O)c2cccnc2Cl)c1. The van der Waals surface area contributed by atoms with E-state index in [-0.39, 0.29) is 22.0 Å². The molecule has 0 spiro atoms. The van der Waals surface area contributed by atoms with Crippen molar-refractivity contribution < 1.29 is 40.3 Å². The summed E-state index contributed by atoms with van der Waals surface area (Å²) in [6, 6.07) is 12.5. The molecule has 16 heteroatoms. The highest BCUT2D eigenvalue weighted by Gasteiger charge is 2.78. The summed E-state index contributed by atoms with van der Waals surface area (Å²) in [4.78, 5) is 28.4. The lowest BCUT2D eigenvalue weighted by Gasteiger charge is -2.40. The Labute approximate surface area is 231 Å². The van der Waals surface area contributed by atoms with Crippen molar-refractivity contribution in [2.24, 2.45) is 0 Å². The van der Waals surface area contributed by atoms with Gasteiger partial charge in [0.1, 0.15) is 5.15 Å². The molecule has 2 aromatic carbocycles. The van der Waals surface area contributed by atoms with Gasteiger partial charge in [-0.3, -0.25) is 9.59 Å². The first-order valence-corrected chi connectivity index (χ1v) is 15.7. The predicted molar refractivity (Wildman–Crippen MR) is 138 cm³/mol. The van der Waals surface area contributed by atoms with E-state index in [1.165, 1.54) is 48.7 Å². The number of pyridine rings is 1. The van der Waals surface area contributed by atoms with Crippen LogP contribution in [0.25, 0.3) is 0 Å². The number of benzene rings is 2. The number of amides is 2. The molecule has 1 heterocycles. The van der Waals surface area contributed by atoms with Gasteiger partial charge in [0.25, 0.3) is 11.8 Å². The monoisotopic (exact) mass is 709 g/mol. The normalized spacial score (nSPS) is 13.1. The molecule has 0 aliphatic heterocycles. The zero-order chi connectivity index (χ0) is 28.5. The Balaban J connectivity index is 1.89. The van der Waals surface area contributed by atoms with Crippen LogP contribution in [0, 0.1) is 0 Å². The second kappa shape index (κ2) is 11.0. The molecule has 3 rings (SSSR count). The number of rotatable bonds is 7. The van der Waals surface area contributed by atoms with E-state index in [4.69, 9.17) is 11.6 Å². The number of aromatic nitrogens is 1. The first kappa shape index (κ1) is 30.2. The summed E-state index contributed by atoms with van der Waals surface area (Å²) in [6.07, 6.45) is -5.18. The Hall–Kier alpha value is -2.36. The maximum absolute atomic E-state index is 14.7. The van der Waals surface area contributed by atoms with Crippen LogP contribution in [-0.4, -0.2) is 34.2 Å². The quantitative estimate of drug-likeness (QED) is 0.190. The topological polar surface area (TPSA) is 71.1 Å². The Morgan fingerprint density at radius 2 is 1.50 bits per heavy atom. The van der Waals surface area contributed by atoms with Gasteiger partial charge in [0.05, 0.1) is 11.3 Å². The van der Waals surface area contributed by atoms with E-state index < -0.39 is 46.6 Å². The summed E-state index contributed by atoms with van der Waals surface area (Å²) in [7, 11) is 0. The third kappa shape index (κ3) is 5.80. The summed E-state index contributed by atoms with van der Waals surface area (Å²) in [5.74, 6) is -8.00. The highest BCUT2D eigenvalue weighted by atomic mass is 79.9. The molecule has 0 aliphatic rings. The smallest absolute Gasteiger partial charge is 0.322 e. The van der Waals surface area contributed by atoms with E-state index in [1.807, 2.05) is 0 Å². The molecule has 204 valence electrons. The molecule has 38 heavy (non-hydrogen) atoms. The molecule has 0 saturated carbocycles. The van der Waals surface area contributed by atoms with Crippen LogP contribution >= 0.6 is 48.1 Å². The fourth-order valence-corrected chi connectivity index (χ4v) is 7.42. The van der Waals surface area contributed by atoms with Gasteiger partial charge in [-0.05, 0) is 79.0 Å². The van der Waals surface area contributed by atoms with E-state index in [0.717, 1.165) is 18.2 Å². The largest absolute Gasteiger partial charge is 0.460 e. The molecular weight excluding hydrogens is 699 g/mol. The fraction of sp³-hybridized carbons (Fsp3) is 0.136. The van der Waals surface area contributed by atoms with Gasteiger partial charge in [-0.2, -0.15) is 30.7 Å². The van der Waals surface area contributed by atoms with Crippen molar-refractivity contribution in [1.29, 1.82) is 0 Å². The maximum atomic E-state index is 14.7. The van der Waals surface area contributed by atoms with Crippen molar-refractivity contribution in [3.8, 4) is 0 Å². The van der Waals surface area contributed by atoms with Crippen molar-refractivity contribution in [2.45, 2.75) is 22.2 Å². The Kier molecular flexibility index (Phi) is 8.75. The van der Waals surface area contributed by atoms with Crippen LogP contribution in [-0.2, 0) is 0 Å². The Bertz CT molecular complexity index is 1380. The Morgan fingerprint density at radius 3 is 2.13 bits per heavy atom. The van der Waals surface area contributed by atoms with E-state index in [9.17, 15) is 40.3 Å². The minimum absolute atomic E-state index is 0.0449. The second-order valence-electron chi connectivity index (χ2n) is 7.38. The molecule has 0 aliphatic carbocycles. The van der Waals surface area contributed by atoms with Crippen molar-refractivity contribution >= 4 is 71.3 Å². The van der Waals surface area contributed by atoms with Gasteiger partial charge < -0.3 is 10.6 Å². The average Bonchev–Trinajstić information content (AvgIpc) is 2.83. The average molecular weight is 712 g/mol. The third-order valence-corrected chi connectivity index (χ3v) is 11.5. The molecule has 0 saturated heterocycles. The molecular formula is C22H13Br2ClF7N3O2S. The maximum Gasteiger partial charge on any atom is 0.460 e. The van der Waals surface area contributed by atoms with Crippen molar-refractivity contribution in [2.75, 3.05) is 10.6 Å². The van der Waals surface area contributed by atoms with Crippen LogP contribution in [0.1, 0.15) is 20.7 Å². The Morgan fingerprint density at radius 1 is 0.842 bits per heavy atom. The lowest BCUT2D eigenvalue weighted by molar-refractivity contribution is -0.330. The van der Waals surface area contributed by atoms with E-state index in [0.29, 0.717) is 0 Å². The minimum atomic E-state index is -6.56. The second-order valence-corrected chi connectivity index (χ2v) is 18.1. The summed E-state index contributed by atoms with van der Waals surface area (Å²) in [5.41, 5.74) is -0.390. The van der Waals surface area contributed by atoms with Gasteiger partial charge in [0.15, 0.2) is 0 Å². The van der Waals surface area contributed by atoms with Crippen molar-refractivity contribution in [3.63, 3.8) is 0 Å². The van der Waals surface area contributed by atoms with Gasteiger partial charge in [0, 0.05) is 22.3 Å². The van der Waals surface area contributed by atoms with Gasteiger partial charge in [0.2, 0.25) is 0 Å². The highest BCUT2D eigenvalue weighted by molar-refractivity contribution is 9.91. The van der Waals surface area contributed by atoms with Gasteiger partial charge in [-0.1, -0.05) is 29.8 Å². The first-order valence-electron chi connectivity index (χ1n) is 9.97. The van der Waals surface area contributed by atoms with Crippen LogP contribution in [0.4, 0.5) is 42.1 Å².